The zero-order valence-corrected chi connectivity index (χ0v) is 13.7. The van der Waals surface area contributed by atoms with Crippen LogP contribution >= 0.6 is 23.2 Å². The molecule has 1 aliphatic rings. The molecule has 0 spiro atoms. The molecule has 7 heteroatoms. The van der Waals surface area contributed by atoms with Crippen molar-refractivity contribution in [2.75, 3.05) is 0 Å². The topological polar surface area (TPSA) is 75.6 Å². The van der Waals surface area contributed by atoms with Crippen molar-refractivity contribution in [1.82, 2.24) is 5.32 Å². The smallest absolute Gasteiger partial charge is 0.332 e. The molecule has 0 saturated carbocycles. The molecule has 0 radical (unpaired) electrons. The average molecular weight is 346 g/mol. The SMILES string of the molecule is CC(C)(NC(=O)[C@@H]1CC[C@H](C(=O)O)O1)c1ccc(Cl)c(Cl)c1. The molecule has 1 amide bonds. The Morgan fingerprint density at radius 1 is 1.23 bits per heavy atom. The summed E-state index contributed by atoms with van der Waals surface area (Å²) in [4.78, 5) is 23.1. The molecule has 2 atom stereocenters. The van der Waals surface area contributed by atoms with Gasteiger partial charge in [0.15, 0.2) is 6.10 Å². The number of aliphatic carboxylic acids is 1. The minimum absolute atomic E-state index is 0.333. The van der Waals surface area contributed by atoms with Crippen LogP contribution in [-0.4, -0.2) is 29.2 Å². The molecule has 2 N–H and O–H groups in total. The molecule has 22 heavy (non-hydrogen) atoms. The van der Waals surface area contributed by atoms with Gasteiger partial charge in [0.2, 0.25) is 5.91 Å². The zero-order chi connectivity index (χ0) is 16.5. The first-order valence-electron chi connectivity index (χ1n) is 6.86. The second-order valence-electron chi connectivity index (χ2n) is 5.77. The van der Waals surface area contributed by atoms with Gasteiger partial charge in [0.25, 0.3) is 0 Å². The second-order valence-corrected chi connectivity index (χ2v) is 6.59. The van der Waals surface area contributed by atoms with Crippen molar-refractivity contribution in [3.8, 4) is 0 Å². The van der Waals surface area contributed by atoms with E-state index in [2.05, 4.69) is 5.32 Å². The first-order chi connectivity index (χ1) is 10.2. The minimum Gasteiger partial charge on any atom is -0.479 e. The van der Waals surface area contributed by atoms with Gasteiger partial charge in [0, 0.05) is 0 Å². The van der Waals surface area contributed by atoms with E-state index >= 15 is 0 Å². The lowest BCUT2D eigenvalue weighted by atomic mass is 9.94. The first kappa shape index (κ1) is 17.1. The highest BCUT2D eigenvalue weighted by Crippen LogP contribution is 2.29. The highest BCUT2D eigenvalue weighted by molar-refractivity contribution is 6.42. The van der Waals surface area contributed by atoms with E-state index < -0.39 is 23.7 Å². The van der Waals surface area contributed by atoms with Gasteiger partial charge in [-0.3, -0.25) is 4.79 Å². The van der Waals surface area contributed by atoms with Crippen LogP contribution in [0.1, 0.15) is 32.3 Å². The summed E-state index contributed by atoms with van der Waals surface area (Å²) in [6, 6.07) is 5.14. The molecule has 1 heterocycles. The number of halogens is 2. The lowest BCUT2D eigenvalue weighted by Crippen LogP contribution is -2.46. The normalized spacial score (nSPS) is 21.6. The van der Waals surface area contributed by atoms with E-state index in [1.54, 1.807) is 18.2 Å². The van der Waals surface area contributed by atoms with Gasteiger partial charge in [-0.15, -0.1) is 0 Å². The monoisotopic (exact) mass is 345 g/mol. The van der Waals surface area contributed by atoms with Crippen LogP contribution in [-0.2, 0) is 19.9 Å². The van der Waals surface area contributed by atoms with E-state index in [4.69, 9.17) is 33.0 Å². The van der Waals surface area contributed by atoms with Gasteiger partial charge in [-0.05, 0) is 44.4 Å². The Bertz CT molecular complexity index is 603. The lowest BCUT2D eigenvalue weighted by Gasteiger charge is -2.28. The number of carboxylic acid groups (broad SMARTS) is 1. The number of rotatable bonds is 4. The fourth-order valence-corrected chi connectivity index (χ4v) is 2.66. The van der Waals surface area contributed by atoms with Crippen LogP contribution in [0.3, 0.4) is 0 Å². The number of carbonyl (C=O) groups is 2. The van der Waals surface area contributed by atoms with Gasteiger partial charge in [-0.1, -0.05) is 29.3 Å². The number of carbonyl (C=O) groups excluding carboxylic acids is 1. The summed E-state index contributed by atoms with van der Waals surface area (Å²) in [5, 5.41) is 12.6. The molecule has 0 bridgehead atoms. The third kappa shape index (κ3) is 3.72. The summed E-state index contributed by atoms with van der Waals surface area (Å²) in [7, 11) is 0. The summed E-state index contributed by atoms with van der Waals surface area (Å²) in [6.07, 6.45) is -0.937. The summed E-state index contributed by atoms with van der Waals surface area (Å²) in [5.74, 6) is -1.38. The Morgan fingerprint density at radius 3 is 2.41 bits per heavy atom. The highest BCUT2D eigenvalue weighted by Gasteiger charge is 2.36. The Hall–Kier alpha value is -1.30. The van der Waals surface area contributed by atoms with Crippen LogP contribution in [0, 0.1) is 0 Å². The highest BCUT2D eigenvalue weighted by atomic mass is 35.5. The number of nitrogens with one attached hydrogen (secondary N) is 1. The van der Waals surface area contributed by atoms with Gasteiger partial charge < -0.3 is 15.2 Å². The molecule has 1 aromatic rings. The number of carboxylic acids is 1. The largest absolute Gasteiger partial charge is 0.479 e. The summed E-state index contributed by atoms with van der Waals surface area (Å²) in [6.45, 7) is 3.65. The van der Waals surface area contributed by atoms with Crippen molar-refractivity contribution in [3.05, 3.63) is 33.8 Å². The third-order valence-corrected chi connectivity index (χ3v) is 4.40. The lowest BCUT2D eigenvalue weighted by molar-refractivity contribution is -0.152. The van der Waals surface area contributed by atoms with Crippen LogP contribution < -0.4 is 5.32 Å². The van der Waals surface area contributed by atoms with Crippen molar-refractivity contribution >= 4 is 35.1 Å². The van der Waals surface area contributed by atoms with E-state index in [0.29, 0.717) is 22.9 Å². The van der Waals surface area contributed by atoms with Gasteiger partial charge in [0.05, 0.1) is 15.6 Å². The maximum absolute atomic E-state index is 12.3. The van der Waals surface area contributed by atoms with E-state index in [9.17, 15) is 9.59 Å². The predicted molar refractivity (Wildman–Crippen MR) is 83.2 cm³/mol. The summed E-state index contributed by atoms with van der Waals surface area (Å²) in [5.41, 5.74) is 0.110. The predicted octanol–water partition coefficient (Wildman–Crippen LogP) is 2.98. The first-order valence-corrected chi connectivity index (χ1v) is 7.62. The van der Waals surface area contributed by atoms with Crippen molar-refractivity contribution in [2.24, 2.45) is 0 Å². The van der Waals surface area contributed by atoms with Crippen molar-refractivity contribution in [2.45, 2.75) is 44.4 Å². The van der Waals surface area contributed by atoms with E-state index in [1.807, 2.05) is 13.8 Å². The van der Waals surface area contributed by atoms with Crippen molar-refractivity contribution in [3.63, 3.8) is 0 Å². The molecule has 1 aromatic carbocycles. The molecule has 0 aliphatic carbocycles. The van der Waals surface area contributed by atoms with Crippen LogP contribution in [0.2, 0.25) is 10.0 Å². The number of amides is 1. The van der Waals surface area contributed by atoms with Crippen molar-refractivity contribution in [1.29, 1.82) is 0 Å². The van der Waals surface area contributed by atoms with Gasteiger partial charge in [-0.2, -0.15) is 0 Å². The molecule has 0 aromatic heterocycles. The van der Waals surface area contributed by atoms with E-state index in [0.717, 1.165) is 5.56 Å². The van der Waals surface area contributed by atoms with Crippen LogP contribution in [0.25, 0.3) is 0 Å². The summed E-state index contributed by atoms with van der Waals surface area (Å²) >= 11 is 11.9. The van der Waals surface area contributed by atoms with E-state index in [1.165, 1.54) is 0 Å². The Balaban J connectivity index is 2.06. The van der Waals surface area contributed by atoms with Gasteiger partial charge in [-0.25, -0.2) is 4.79 Å². The Kier molecular flexibility index (Phi) is 5.00. The Morgan fingerprint density at radius 2 is 1.86 bits per heavy atom. The quantitative estimate of drug-likeness (QED) is 0.879. The van der Waals surface area contributed by atoms with Crippen molar-refractivity contribution < 1.29 is 19.4 Å². The number of hydrogen-bond acceptors (Lipinski definition) is 3. The fourth-order valence-electron chi connectivity index (χ4n) is 2.36. The van der Waals surface area contributed by atoms with Gasteiger partial charge in [0.1, 0.15) is 6.10 Å². The molecule has 120 valence electrons. The maximum Gasteiger partial charge on any atom is 0.332 e. The summed E-state index contributed by atoms with van der Waals surface area (Å²) < 4.78 is 5.25. The standard InChI is InChI=1S/C15H17Cl2NO4/c1-15(2,8-3-4-9(16)10(17)7-8)18-13(19)11-5-6-12(22-11)14(20)21/h3-4,7,11-12H,5-6H2,1-2H3,(H,18,19)(H,20,21)/t11-,12+/m0/s1. The minimum atomic E-state index is -1.04. The van der Waals surface area contributed by atoms with Crippen LogP contribution in [0.15, 0.2) is 18.2 Å². The zero-order valence-electron chi connectivity index (χ0n) is 12.2. The van der Waals surface area contributed by atoms with Crippen LogP contribution in [0.4, 0.5) is 0 Å². The average Bonchev–Trinajstić information content (AvgIpc) is 2.91. The fraction of sp³-hybridized carbons (Fsp3) is 0.467. The molecule has 2 rings (SSSR count). The van der Waals surface area contributed by atoms with Gasteiger partial charge >= 0.3 is 5.97 Å². The number of hydrogen-bond donors (Lipinski definition) is 2. The molecular weight excluding hydrogens is 329 g/mol. The third-order valence-electron chi connectivity index (χ3n) is 3.66. The molecule has 5 nitrogen and oxygen atoms in total. The Labute approximate surface area is 138 Å². The molecule has 1 saturated heterocycles. The van der Waals surface area contributed by atoms with Crippen LogP contribution in [0.5, 0.6) is 0 Å². The number of benzene rings is 1. The maximum atomic E-state index is 12.3. The number of ether oxygens (including phenoxy) is 1. The second kappa shape index (κ2) is 6.44. The molecule has 1 aliphatic heterocycles. The van der Waals surface area contributed by atoms with E-state index in [-0.39, 0.29) is 5.91 Å². The molecular formula is C15H17Cl2NO4. The molecule has 1 fully saturated rings. The molecule has 0 unspecified atom stereocenters.